The van der Waals surface area contributed by atoms with E-state index in [0.29, 0.717) is 11.8 Å². The van der Waals surface area contributed by atoms with Crippen molar-refractivity contribution in [3.05, 3.63) is 24.0 Å². The molecule has 0 heterocycles. The molecule has 0 fully saturated rings. The van der Waals surface area contributed by atoms with Crippen LogP contribution in [0.15, 0.2) is 24.0 Å². The van der Waals surface area contributed by atoms with Gasteiger partial charge in [0.2, 0.25) is 0 Å². The van der Waals surface area contributed by atoms with Crippen LogP contribution in [0.1, 0.15) is 27.7 Å². The van der Waals surface area contributed by atoms with Crippen molar-refractivity contribution in [3.8, 4) is 0 Å². The Bertz CT molecular complexity index is 180. The van der Waals surface area contributed by atoms with Crippen LogP contribution in [-0.2, 0) is 4.84 Å². The Morgan fingerprint density at radius 1 is 1.25 bits per heavy atom. The average molecular weight is 169 g/mol. The van der Waals surface area contributed by atoms with E-state index in [1.165, 1.54) is 0 Å². The average Bonchev–Trinajstić information content (AvgIpc) is 1.98. The van der Waals surface area contributed by atoms with Gasteiger partial charge in [-0.25, -0.2) is 0 Å². The molecule has 0 radical (unpaired) electrons. The molecule has 0 aliphatic carbocycles. The predicted molar refractivity (Wildman–Crippen MR) is 52.2 cm³/mol. The van der Waals surface area contributed by atoms with Crippen LogP contribution in [0.25, 0.3) is 0 Å². The van der Waals surface area contributed by atoms with Gasteiger partial charge in [-0.05, 0) is 11.5 Å². The van der Waals surface area contributed by atoms with Crippen molar-refractivity contribution < 1.29 is 4.84 Å². The van der Waals surface area contributed by atoms with E-state index in [-0.39, 0.29) is 0 Å². The molecule has 0 aromatic carbocycles. The third-order valence-corrected chi connectivity index (χ3v) is 1.78. The number of rotatable bonds is 4. The van der Waals surface area contributed by atoms with E-state index in [4.69, 9.17) is 10.7 Å². The molecule has 0 unspecified atom stereocenters. The van der Waals surface area contributed by atoms with Crippen molar-refractivity contribution in [1.82, 2.24) is 0 Å². The summed E-state index contributed by atoms with van der Waals surface area (Å²) in [5.74, 6) is 6.73. The van der Waals surface area contributed by atoms with Crippen molar-refractivity contribution in [2.75, 3.05) is 0 Å². The fourth-order valence-electron chi connectivity index (χ4n) is 1.16. The van der Waals surface area contributed by atoms with Gasteiger partial charge in [0, 0.05) is 5.92 Å². The molecule has 0 amide bonds. The Morgan fingerprint density at radius 2 is 1.75 bits per heavy atom. The Kier molecular flexibility index (Phi) is 4.67. The van der Waals surface area contributed by atoms with Gasteiger partial charge in [0.25, 0.3) is 0 Å². The van der Waals surface area contributed by atoms with Crippen LogP contribution >= 0.6 is 0 Å². The molecule has 2 N–H and O–H groups in total. The summed E-state index contributed by atoms with van der Waals surface area (Å²) in [5, 5.41) is 0. The molecule has 0 spiro atoms. The number of hydrogen-bond donors (Lipinski definition) is 1. The van der Waals surface area contributed by atoms with E-state index < -0.39 is 0 Å². The predicted octanol–water partition coefficient (Wildman–Crippen LogP) is 2.63. The molecule has 0 saturated carbocycles. The molecule has 12 heavy (non-hydrogen) atoms. The third kappa shape index (κ3) is 2.70. The van der Waals surface area contributed by atoms with Crippen LogP contribution in [0.2, 0.25) is 0 Å². The summed E-state index contributed by atoms with van der Waals surface area (Å²) in [5.41, 5.74) is 1.09. The van der Waals surface area contributed by atoms with Gasteiger partial charge in [-0.1, -0.05) is 40.3 Å². The zero-order valence-corrected chi connectivity index (χ0v) is 8.42. The van der Waals surface area contributed by atoms with Crippen LogP contribution in [0.5, 0.6) is 0 Å². The summed E-state index contributed by atoms with van der Waals surface area (Å²) in [6.07, 6.45) is 1.81. The highest BCUT2D eigenvalue weighted by Gasteiger charge is 2.12. The molecule has 0 atom stereocenters. The second-order valence-electron chi connectivity index (χ2n) is 3.45. The van der Waals surface area contributed by atoms with E-state index in [1.54, 1.807) is 0 Å². The topological polar surface area (TPSA) is 35.2 Å². The van der Waals surface area contributed by atoms with Crippen molar-refractivity contribution in [2.45, 2.75) is 27.7 Å². The molecular weight excluding hydrogens is 150 g/mol. The van der Waals surface area contributed by atoms with E-state index in [9.17, 15) is 0 Å². The largest absolute Gasteiger partial charge is 0.415 e. The smallest absolute Gasteiger partial charge is 0.129 e. The Labute approximate surface area is 75.1 Å². The van der Waals surface area contributed by atoms with E-state index in [1.807, 2.05) is 19.9 Å². The standard InChI is InChI=1S/C10H19NO/c1-6-9(7(2)3)10(12-11)8(4)5/h6-8H,1,11H2,2-5H3/b10-9+. The summed E-state index contributed by atoms with van der Waals surface area (Å²) in [7, 11) is 0. The van der Waals surface area contributed by atoms with Gasteiger partial charge in [-0.3, -0.25) is 0 Å². The summed E-state index contributed by atoms with van der Waals surface area (Å²) in [4.78, 5) is 4.83. The minimum atomic E-state index is 0.311. The molecule has 2 nitrogen and oxygen atoms in total. The molecule has 0 aliphatic rings. The van der Waals surface area contributed by atoms with Crippen molar-refractivity contribution in [2.24, 2.45) is 17.7 Å². The first kappa shape index (κ1) is 11.2. The summed E-state index contributed by atoms with van der Waals surface area (Å²) < 4.78 is 0. The van der Waals surface area contributed by atoms with Gasteiger partial charge in [-0.15, -0.1) is 0 Å². The zero-order chi connectivity index (χ0) is 9.72. The maximum atomic E-state index is 5.18. The lowest BCUT2D eigenvalue weighted by Crippen LogP contribution is -2.10. The SMILES string of the molecule is C=C/C(=C(\ON)C(C)C)C(C)C. The van der Waals surface area contributed by atoms with Crippen LogP contribution < -0.4 is 5.90 Å². The summed E-state index contributed by atoms with van der Waals surface area (Å²) in [6.45, 7) is 12.0. The highest BCUT2D eigenvalue weighted by molar-refractivity contribution is 5.23. The number of allylic oxidation sites excluding steroid dienone is 3. The highest BCUT2D eigenvalue weighted by Crippen LogP contribution is 2.21. The minimum Gasteiger partial charge on any atom is -0.415 e. The summed E-state index contributed by atoms with van der Waals surface area (Å²) >= 11 is 0. The van der Waals surface area contributed by atoms with Gasteiger partial charge < -0.3 is 4.84 Å². The normalized spacial score (nSPS) is 13.2. The Morgan fingerprint density at radius 3 is 1.83 bits per heavy atom. The second-order valence-corrected chi connectivity index (χ2v) is 3.45. The van der Waals surface area contributed by atoms with E-state index in [0.717, 1.165) is 11.3 Å². The van der Waals surface area contributed by atoms with Gasteiger partial charge in [0.05, 0.1) is 0 Å². The maximum absolute atomic E-state index is 5.18. The van der Waals surface area contributed by atoms with Crippen molar-refractivity contribution in [1.29, 1.82) is 0 Å². The molecular formula is C10H19NO. The first-order chi connectivity index (χ1) is 5.54. The maximum Gasteiger partial charge on any atom is 0.129 e. The molecule has 0 rings (SSSR count). The lowest BCUT2D eigenvalue weighted by Gasteiger charge is -2.15. The molecule has 0 saturated heterocycles. The first-order valence-electron chi connectivity index (χ1n) is 4.27. The van der Waals surface area contributed by atoms with Crippen LogP contribution in [-0.4, -0.2) is 0 Å². The molecule has 0 bridgehead atoms. The molecule has 2 heteroatoms. The number of nitrogens with two attached hydrogens (primary N) is 1. The zero-order valence-electron chi connectivity index (χ0n) is 8.42. The van der Waals surface area contributed by atoms with Crippen LogP contribution in [0.3, 0.4) is 0 Å². The highest BCUT2D eigenvalue weighted by atomic mass is 16.6. The molecule has 0 aliphatic heterocycles. The lowest BCUT2D eigenvalue weighted by atomic mass is 9.97. The molecule has 70 valence electrons. The molecule has 0 aromatic rings. The van der Waals surface area contributed by atoms with E-state index in [2.05, 4.69) is 20.4 Å². The van der Waals surface area contributed by atoms with E-state index >= 15 is 0 Å². The second kappa shape index (κ2) is 4.99. The lowest BCUT2D eigenvalue weighted by molar-refractivity contribution is 0.185. The van der Waals surface area contributed by atoms with Gasteiger partial charge >= 0.3 is 0 Å². The van der Waals surface area contributed by atoms with Gasteiger partial charge in [-0.2, -0.15) is 5.90 Å². The molecule has 0 aromatic heterocycles. The Balaban J connectivity index is 4.87. The monoisotopic (exact) mass is 169 g/mol. The van der Waals surface area contributed by atoms with Crippen LogP contribution in [0, 0.1) is 11.8 Å². The minimum absolute atomic E-state index is 0.311. The van der Waals surface area contributed by atoms with Crippen molar-refractivity contribution in [3.63, 3.8) is 0 Å². The van der Waals surface area contributed by atoms with Crippen LogP contribution in [0.4, 0.5) is 0 Å². The first-order valence-corrected chi connectivity index (χ1v) is 4.27. The third-order valence-electron chi connectivity index (χ3n) is 1.78. The van der Waals surface area contributed by atoms with Gasteiger partial charge in [0.1, 0.15) is 5.76 Å². The summed E-state index contributed by atoms with van der Waals surface area (Å²) in [6, 6.07) is 0. The fraction of sp³-hybridized carbons (Fsp3) is 0.600. The Hall–Kier alpha value is -0.760. The number of hydrogen-bond acceptors (Lipinski definition) is 2. The van der Waals surface area contributed by atoms with Gasteiger partial charge in [0.15, 0.2) is 0 Å². The quantitative estimate of drug-likeness (QED) is 0.399. The fourth-order valence-corrected chi connectivity index (χ4v) is 1.16. The van der Waals surface area contributed by atoms with Crippen molar-refractivity contribution >= 4 is 0 Å².